The second kappa shape index (κ2) is 5.69. The normalized spacial score (nSPS) is 11.0. The maximum absolute atomic E-state index is 13.5. The summed E-state index contributed by atoms with van der Waals surface area (Å²) in [6.07, 6.45) is 0.00875. The van der Waals surface area contributed by atoms with Crippen LogP contribution >= 0.6 is 11.3 Å². The number of rotatable bonds is 4. The Morgan fingerprint density at radius 3 is 2.67 bits per heavy atom. The van der Waals surface area contributed by atoms with E-state index in [1.807, 2.05) is 24.3 Å². The molecule has 21 heavy (non-hydrogen) atoms. The van der Waals surface area contributed by atoms with Gasteiger partial charge in [-0.2, -0.15) is 0 Å². The molecule has 0 aliphatic carbocycles. The van der Waals surface area contributed by atoms with E-state index in [9.17, 15) is 13.6 Å². The molecule has 0 aliphatic rings. The molecule has 3 aromatic rings. The number of thiazole rings is 1. The van der Waals surface area contributed by atoms with Crippen LogP contribution in [0.1, 0.15) is 10.6 Å². The monoisotopic (exact) mass is 303 g/mol. The van der Waals surface area contributed by atoms with Crippen molar-refractivity contribution in [1.82, 2.24) is 4.98 Å². The number of carbonyl (C=O) groups excluding carboxylic acids is 1. The number of aromatic nitrogens is 1. The average molecular weight is 303 g/mol. The maximum atomic E-state index is 13.5. The van der Waals surface area contributed by atoms with Crippen LogP contribution in [0.15, 0.2) is 42.5 Å². The Morgan fingerprint density at radius 2 is 1.86 bits per heavy atom. The van der Waals surface area contributed by atoms with Crippen LogP contribution in [0, 0.1) is 11.6 Å². The SMILES string of the molecule is O=C(Cc1nc2ccccc2s1)Cc1cccc(F)c1F. The highest BCUT2D eigenvalue weighted by atomic mass is 32.1. The van der Waals surface area contributed by atoms with Crippen molar-refractivity contribution >= 4 is 27.3 Å². The summed E-state index contributed by atoms with van der Waals surface area (Å²) in [4.78, 5) is 16.4. The Labute approximate surface area is 124 Å². The zero-order valence-electron chi connectivity index (χ0n) is 11.0. The largest absolute Gasteiger partial charge is 0.299 e. The van der Waals surface area contributed by atoms with Gasteiger partial charge in [-0.3, -0.25) is 4.79 Å². The zero-order chi connectivity index (χ0) is 14.8. The van der Waals surface area contributed by atoms with Gasteiger partial charge < -0.3 is 0 Å². The van der Waals surface area contributed by atoms with E-state index in [0.29, 0.717) is 5.01 Å². The molecular formula is C16H11F2NOS. The van der Waals surface area contributed by atoms with Gasteiger partial charge in [0.2, 0.25) is 0 Å². The van der Waals surface area contributed by atoms with Crippen LogP contribution in [0.5, 0.6) is 0 Å². The number of fused-ring (bicyclic) bond motifs is 1. The molecule has 3 rings (SSSR count). The minimum Gasteiger partial charge on any atom is -0.299 e. The van der Waals surface area contributed by atoms with Gasteiger partial charge in [-0.1, -0.05) is 24.3 Å². The lowest BCUT2D eigenvalue weighted by atomic mass is 10.1. The third-order valence-corrected chi connectivity index (χ3v) is 4.14. The summed E-state index contributed by atoms with van der Waals surface area (Å²) in [6.45, 7) is 0. The summed E-state index contributed by atoms with van der Waals surface area (Å²) in [5.41, 5.74) is 0.934. The predicted molar refractivity (Wildman–Crippen MR) is 78.4 cm³/mol. The smallest absolute Gasteiger partial charge is 0.162 e. The lowest BCUT2D eigenvalue weighted by Gasteiger charge is -2.02. The fourth-order valence-electron chi connectivity index (χ4n) is 2.12. The van der Waals surface area contributed by atoms with Crippen LogP contribution in [-0.4, -0.2) is 10.8 Å². The van der Waals surface area contributed by atoms with Crippen molar-refractivity contribution < 1.29 is 13.6 Å². The third-order valence-electron chi connectivity index (χ3n) is 3.11. The number of benzene rings is 2. The van der Waals surface area contributed by atoms with Crippen LogP contribution in [-0.2, 0) is 17.6 Å². The Kier molecular flexibility index (Phi) is 3.75. The van der Waals surface area contributed by atoms with Gasteiger partial charge in [0.1, 0.15) is 10.8 Å². The van der Waals surface area contributed by atoms with Crippen molar-refractivity contribution in [3.63, 3.8) is 0 Å². The molecular weight excluding hydrogens is 292 g/mol. The van der Waals surface area contributed by atoms with Crippen molar-refractivity contribution in [2.45, 2.75) is 12.8 Å². The molecule has 0 aliphatic heterocycles. The lowest BCUT2D eigenvalue weighted by Crippen LogP contribution is -2.08. The molecule has 0 spiro atoms. The van der Waals surface area contributed by atoms with E-state index < -0.39 is 11.6 Å². The van der Waals surface area contributed by atoms with E-state index in [1.54, 1.807) is 0 Å². The summed E-state index contributed by atoms with van der Waals surface area (Å²) in [5, 5.41) is 0.693. The van der Waals surface area contributed by atoms with Gasteiger partial charge in [-0.25, -0.2) is 13.8 Å². The fraction of sp³-hybridized carbons (Fsp3) is 0.125. The first kappa shape index (κ1) is 13.8. The zero-order valence-corrected chi connectivity index (χ0v) is 11.8. The van der Waals surface area contributed by atoms with Crippen LogP contribution < -0.4 is 0 Å². The summed E-state index contributed by atoms with van der Waals surface area (Å²) < 4.78 is 27.6. The van der Waals surface area contributed by atoms with Crippen LogP contribution in [0.2, 0.25) is 0 Å². The first-order chi connectivity index (χ1) is 10.1. The molecule has 0 unspecified atom stereocenters. The van der Waals surface area contributed by atoms with Gasteiger partial charge in [0.15, 0.2) is 11.6 Å². The average Bonchev–Trinajstić information content (AvgIpc) is 2.86. The number of hydrogen-bond acceptors (Lipinski definition) is 3. The Bertz CT molecular complexity index is 780. The van der Waals surface area contributed by atoms with Gasteiger partial charge in [-0.05, 0) is 23.8 Å². The number of hydrogen-bond donors (Lipinski definition) is 0. The van der Waals surface area contributed by atoms with Gasteiger partial charge in [-0.15, -0.1) is 11.3 Å². The Hall–Kier alpha value is -2.14. The molecule has 0 saturated carbocycles. The van der Waals surface area contributed by atoms with Gasteiger partial charge in [0, 0.05) is 6.42 Å². The van der Waals surface area contributed by atoms with E-state index in [-0.39, 0.29) is 24.2 Å². The molecule has 0 radical (unpaired) electrons. The molecule has 2 aromatic carbocycles. The second-order valence-corrected chi connectivity index (χ2v) is 5.80. The predicted octanol–water partition coefficient (Wildman–Crippen LogP) is 3.93. The van der Waals surface area contributed by atoms with Gasteiger partial charge in [0.25, 0.3) is 0 Å². The lowest BCUT2D eigenvalue weighted by molar-refractivity contribution is -0.117. The topological polar surface area (TPSA) is 30.0 Å². The van der Waals surface area contributed by atoms with Crippen LogP contribution in [0.25, 0.3) is 10.2 Å². The summed E-state index contributed by atoms with van der Waals surface area (Å²) in [6, 6.07) is 11.5. The summed E-state index contributed by atoms with van der Waals surface area (Å²) in [5.74, 6) is -2.06. The number of carbonyl (C=O) groups is 1. The highest BCUT2D eigenvalue weighted by Gasteiger charge is 2.14. The molecule has 106 valence electrons. The first-order valence-corrected chi connectivity index (χ1v) is 7.24. The molecule has 0 atom stereocenters. The van der Waals surface area contributed by atoms with Crippen molar-refractivity contribution in [3.05, 3.63) is 64.7 Å². The molecule has 1 heterocycles. The van der Waals surface area contributed by atoms with E-state index in [0.717, 1.165) is 16.3 Å². The van der Waals surface area contributed by atoms with E-state index in [2.05, 4.69) is 4.98 Å². The molecule has 5 heteroatoms. The van der Waals surface area contributed by atoms with Crippen molar-refractivity contribution in [2.75, 3.05) is 0 Å². The molecule has 2 nitrogen and oxygen atoms in total. The molecule has 0 bridgehead atoms. The number of para-hydroxylation sites is 1. The first-order valence-electron chi connectivity index (χ1n) is 6.42. The fourth-order valence-corrected chi connectivity index (χ4v) is 3.12. The van der Waals surface area contributed by atoms with E-state index in [4.69, 9.17) is 0 Å². The Morgan fingerprint density at radius 1 is 1.05 bits per heavy atom. The number of Topliss-reactive ketones (excluding diaryl/α,β-unsaturated/α-hetero) is 1. The van der Waals surface area contributed by atoms with Crippen molar-refractivity contribution in [3.8, 4) is 0 Å². The highest BCUT2D eigenvalue weighted by molar-refractivity contribution is 7.18. The van der Waals surface area contributed by atoms with Gasteiger partial charge >= 0.3 is 0 Å². The highest BCUT2D eigenvalue weighted by Crippen LogP contribution is 2.22. The molecule has 1 aromatic heterocycles. The molecule has 0 amide bonds. The third kappa shape index (κ3) is 2.97. The summed E-state index contributed by atoms with van der Waals surface area (Å²) in [7, 11) is 0. The number of halogens is 2. The van der Waals surface area contributed by atoms with Crippen molar-refractivity contribution in [2.24, 2.45) is 0 Å². The molecule has 0 fully saturated rings. The standard InChI is InChI=1S/C16H11F2NOS/c17-12-5-3-4-10(16(12)18)8-11(20)9-15-19-13-6-1-2-7-14(13)21-15/h1-7H,8-9H2. The molecule has 0 N–H and O–H groups in total. The number of nitrogens with zero attached hydrogens (tertiary/aromatic N) is 1. The van der Waals surface area contributed by atoms with Crippen LogP contribution in [0.3, 0.4) is 0 Å². The summed E-state index contributed by atoms with van der Waals surface area (Å²) >= 11 is 1.44. The molecule has 0 saturated heterocycles. The quantitative estimate of drug-likeness (QED) is 0.731. The Balaban J connectivity index is 1.75. The second-order valence-electron chi connectivity index (χ2n) is 4.68. The van der Waals surface area contributed by atoms with E-state index >= 15 is 0 Å². The minimum atomic E-state index is -0.949. The van der Waals surface area contributed by atoms with Crippen molar-refractivity contribution in [1.29, 1.82) is 0 Å². The maximum Gasteiger partial charge on any atom is 0.162 e. The number of ketones is 1. The van der Waals surface area contributed by atoms with Crippen LogP contribution in [0.4, 0.5) is 8.78 Å². The van der Waals surface area contributed by atoms with Gasteiger partial charge in [0.05, 0.1) is 16.6 Å². The van der Waals surface area contributed by atoms with E-state index in [1.165, 1.54) is 23.5 Å². The minimum absolute atomic E-state index is 0.0844.